The van der Waals surface area contributed by atoms with Gasteiger partial charge in [0, 0.05) is 29.8 Å². The van der Waals surface area contributed by atoms with Crippen molar-refractivity contribution in [1.82, 2.24) is 10.3 Å². The van der Waals surface area contributed by atoms with Gasteiger partial charge in [0.2, 0.25) is 5.91 Å². The van der Waals surface area contributed by atoms with Gasteiger partial charge in [0.05, 0.1) is 6.42 Å². The minimum absolute atomic E-state index is 0.0762. The van der Waals surface area contributed by atoms with Crippen LogP contribution >= 0.6 is 23.6 Å². The number of thiazole rings is 1. The molecule has 0 saturated carbocycles. The molecule has 2 rings (SSSR count). The van der Waals surface area contributed by atoms with Crippen LogP contribution in [0.5, 0.6) is 0 Å². The molecule has 0 spiro atoms. The number of aromatic amines is 1. The number of amides is 1. The average Bonchev–Trinajstić information content (AvgIpc) is 2.68. The first-order chi connectivity index (χ1) is 9.06. The van der Waals surface area contributed by atoms with E-state index in [-0.39, 0.29) is 11.9 Å². The molecule has 2 N–H and O–H groups in total. The minimum Gasteiger partial charge on any atom is -0.381 e. The summed E-state index contributed by atoms with van der Waals surface area (Å²) in [5, 5.41) is 3.10. The number of nitrogens with one attached hydrogen (secondary N) is 2. The highest BCUT2D eigenvalue weighted by Crippen LogP contribution is 2.19. The zero-order chi connectivity index (χ0) is 13.8. The van der Waals surface area contributed by atoms with E-state index in [0.29, 0.717) is 12.3 Å². The van der Waals surface area contributed by atoms with Gasteiger partial charge in [0.15, 0.2) is 3.95 Å². The number of aryl methyl sites for hydroxylation is 1. The van der Waals surface area contributed by atoms with Gasteiger partial charge in [0.1, 0.15) is 0 Å². The third-order valence-electron chi connectivity index (χ3n) is 3.61. The van der Waals surface area contributed by atoms with E-state index >= 15 is 0 Å². The molecule has 0 bridgehead atoms. The van der Waals surface area contributed by atoms with Gasteiger partial charge in [-0.25, -0.2) is 0 Å². The zero-order valence-corrected chi connectivity index (χ0v) is 13.0. The molecule has 1 atom stereocenters. The van der Waals surface area contributed by atoms with Crippen molar-refractivity contribution in [3.8, 4) is 0 Å². The Morgan fingerprint density at radius 1 is 1.58 bits per heavy atom. The molecule has 0 radical (unpaired) electrons. The second-order valence-electron chi connectivity index (χ2n) is 5.05. The van der Waals surface area contributed by atoms with Crippen LogP contribution in [0, 0.1) is 16.8 Å². The number of ether oxygens (including phenoxy) is 1. The van der Waals surface area contributed by atoms with Crippen molar-refractivity contribution in [3.05, 3.63) is 14.5 Å². The van der Waals surface area contributed by atoms with Crippen molar-refractivity contribution in [3.63, 3.8) is 0 Å². The third kappa shape index (κ3) is 4.12. The topological polar surface area (TPSA) is 54.1 Å². The maximum Gasteiger partial charge on any atom is 0.225 e. The smallest absolute Gasteiger partial charge is 0.225 e. The lowest BCUT2D eigenvalue weighted by Crippen LogP contribution is -2.40. The van der Waals surface area contributed by atoms with Crippen LogP contribution in [0.15, 0.2) is 0 Å². The number of hydrogen-bond donors (Lipinski definition) is 2. The fourth-order valence-corrected chi connectivity index (χ4v) is 3.68. The molecule has 0 aromatic carbocycles. The molecule has 0 aliphatic carbocycles. The highest BCUT2D eigenvalue weighted by atomic mass is 32.1. The Kier molecular flexibility index (Phi) is 5.13. The van der Waals surface area contributed by atoms with Gasteiger partial charge < -0.3 is 15.0 Å². The molecule has 106 valence electrons. The Balaban J connectivity index is 1.86. The predicted molar refractivity (Wildman–Crippen MR) is 79.1 cm³/mol. The Bertz CT molecular complexity index is 489. The van der Waals surface area contributed by atoms with E-state index in [9.17, 15) is 4.79 Å². The second-order valence-corrected chi connectivity index (χ2v) is 6.82. The lowest BCUT2D eigenvalue weighted by Gasteiger charge is -2.28. The maximum atomic E-state index is 12.0. The number of hydrogen-bond acceptors (Lipinski definition) is 4. The molecule has 19 heavy (non-hydrogen) atoms. The van der Waals surface area contributed by atoms with Crippen LogP contribution in [0.2, 0.25) is 0 Å². The normalized spacial score (nSPS) is 18.2. The maximum absolute atomic E-state index is 12.0. The molecule has 6 heteroatoms. The van der Waals surface area contributed by atoms with Gasteiger partial charge in [-0.2, -0.15) is 0 Å². The first kappa shape index (κ1) is 14.7. The van der Waals surface area contributed by atoms with Crippen molar-refractivity contribution < 1.29 is 9.53 Å². The van der Waals surface area contributed by atoms with E-state index in [1.807, 2.05) is 6.92 Å². The van der Waals surface area contributed by atoms with Crippen LogP contribution in [0.3, 0.4) is 0 Å². The number of carbonyl (C=O) groups excluding carboxylic acids is 1. The fourth-order valence-electron chi connectivity index (χ4n) is 2.39. The van der Waals surface area contributed by atoms with Crippen LogP contribution in [0.4, 0.5) is 0 Å². The molecule has 4 nitrogen and oxygen atoms in total. The first-order valence-electron chi connectivity index (χ1n) is 6.62. The predicted octanol–water partition coefficient (Wildman–Crippen LogP) is 2.59. The van der Waals surface area contributed by atoms with Gasteiger partial charge in [0.25, 0.3) is 0 Å². The number of carbonyl (C=O) groups is 1. The van der Waals surface area contributed by atoms with E-state index in [4.69, 9.17) is 17.0 Å². The summed E-state index contributed by atoms with van der Waals surface area (Å²) in [7, 11) is 0. The summed E-state index contributed by atoms with van der Waals surface area (Å²) in [5.74, 6) is 0.607. The minimum atomic E-state index is 0.0762. The highest BCUT2D eigenvalue weighted by Gasteiger charge is 2.22. The Hall–Kier alpha value is -0.720. The van der Waals surface area contributed by atoms with Crippen LogP contribution < -0.4 is 5.32 Å². The van der Waals surface area contributed by atoms with Crippen LogP contribution in [-0.4, -0.2) is 30.1 Å². The van der Waals surface area contributed by atoms with Crippen molar-refractivity contribution in [1.29, 1.82) is 0 Å². The summed E-state index contributed by atoms with van der Waals surface area (Å²) in [5.41, 5.74) is 1.00. The molecule has 2 heterocycles. The fraction of sp³-hybridized carbons (Fsp3) is 0.692. The summed E-state index contributed by atoms with van der Waals surface area (Å²) in [6.07, 6.45) is 2.48. The molecule has 0 unspecified atom stereocenters. The lowest BCUT2D eigenvalue weighted by molar-refractivity contribution is -0.121. The van der Waals surface area contributed by atoms with E-state index in [2.05, 4.69) is 17.2 Å². The SMILES string of the molecule is Cc1[nH]c(=S)sc1CC(=O)N[C@@H](C)C1CCOCC1. The lowest BCUT2D eigenvalue weighted by atomic mass is 9.93. The van der Waals surface area contributed by atoms with Crippen LogP contribution in [0.25, 0.3) is 0 Å². The zero-order valence-electron chi connectivity index (χ0n) is 11.3. The molecule has 1 aliphatic rings. The third-order valence-corrected chi connectivity index (χ3v) is 4.94. The van der Waals surface area contributed by atoms with Crippen molar-refractivity contribution >= 4 is 29.5 Å². The van der Waals surface area contributed by atoms with Gasteiger partial charge >= 0.3 is 0 Å². The highest BCUT2D eigenvalue weighted by molar-refractivity contribution is 7.73. The van der Waals surface area contributed by atoms with Crippen molar-refractivity contribution in [2.45, 2.75) is 39.2 Å². The van der Waals surface area contributed by atoms with Crippen LogP contribution in [0.1, 0.15) is 30.3 Å². The van der Waals surface area contributed by atoms with Crippen molar-refractivity contribution in [2.24, 2.45) is 5.92 Å². The standard InChI is InChI=1S/C13H20N2O2S2/c1-8(10-3-5-17-6-4-10)14-12(16)7-11-9(2)15-13(18)19-11/h8,10H,3-7H2,1-2H3,(H,14,16)(H,15,18)/t8-/m0/s1. The summed E-state index contributed by atoms with van der Waals surface area (Å²) in [6, 6.07) is 0.212. The monoisotopic (exact) mass is 300 g/mol. The molecule has 1 aromatic heterocycles. The average molecular weight is 300 g/mol. The largest absolute Gasteiger partial charge is 0.381 e. The molecular weight excluding hydrogens is 280 g/mol. The van der Waals surface area contributed by atoms with Gasteiger partial charge in [-0.1, -0.05) is 0 Å². The van der Waals surface area contributed by atoms with E-state index in [1.165, 1.54) is 11.3 Å². The summed E-state index contributed by atoms with van der Waals surface area (Å²) < 4.78 is 6.08. The molecule has 1 aromatic rings. The number of rotatable bonds is 4. The molecule has 1 amide bonds. The summed E-state index contributed by atoms with van der Waals surface area (Å²) in [6.45, 7) is 5.66. The van der Waals surface area contributed by atoms with Gasteiger partial charge in [-0.3, -0.25) is 4.79 Å². The van der Waals surface area contributed by atoms with E-state index in [0.717, 1.165) is 40.6 Å². The second kappa shape index (κ2) is 6.63. The number of aromatic nitrogens is 1. The molecule has 1 aliphatic heterocycles. The molecule has 1 saturated heterocycles. The summed E-state index contributed by atoms with van der Waals surface area (Å²) >= 11 is 6.56. The number of H-pyrrole nitrogens is 1. The molecule has 1 fully saturated rings. The quantitative estimate of drug-likeness (QED) is 0.840. The van der Waals surface area contributed by atoms with Crippen molar-refractivity contribution in [2.75, 3.05) is 13.2 Å². The Morgan fingerprint density at radius 2 is 2.26 bits per heavy atom. The summed E-state index contributed by atoms with van der Waals surface area (Å²) in [4.78, 5) is 16.1. The van der Waals surface area contributed by atoms with E-state index in [1.54, 1.807) is 0 Å². The Morgan fingerprint density at radius 3 is 2.84 bits per heavy atom. The molecular formula is C13H20N2O2S2. The Labute approximate surface area is 122 Å². The van der Waals surface area contributed by atoms with Crippen LogP contribution in [-0.2, 0) is 16.0 Å². The van der Waals surface area contributed by atoms with Gasteiger partial charge in [-0.15, -0.1) is 11.3 Å². The first-order valence-corrected chi connectivity index (χ1v) is 7.84. The van der Waals surface area contributed by atoms with E-state index < -0.39 is 0 Å². The van der Waals surface area contributed by atoms with Gasteiger partial charge in [-0.05, 0) is 44.8 Å².